The molecule has 0 aromatic heterocycles. The minimum Gasteiger partial charge on any atom is -0.477 e. The van der Waals surface area contributed by atoms with Gasteiger partial charge in [0.2, 0.25) is 6.04 Å². The summed E-state index contributed by atoms with van der Waals surface area (Å²) in [5.74, 6) is -1.23. The van der Waals surface area contributed by atoms with Gasteiger partial charge in [0, 0.05) is 12.3 Å². The molecule has 1 fully saturated rings. The highest BCUT2D eigenvalue weighted by molar-refractivity contribution is 5.79. The molecule has 8 nitrogen and oxygen atoms in total. The van der Waals surface area contributed by atoms with Gasteiger partial charge >= 0.3 is 18.2 Å². The average molecular weight is 544 g/mol. The maximum absolute atomic E-state index is 13.9. The van der Waals surface area contributed by atoms with E-state index in [9.17, 15) is 19.5 Å². The molecule has 3 aromatic carbocycles. The van der Waals surface area contributed by atoms with Gasteiger partial charge in [-0.3, -0.25) is 0 Å². The number of carbonyl (C=O) groups is 3. The lowest BCUT2D eigenvalue weighted by atomic mass is 9.98. The molecule has 2 amide bonds. The minimum absolute atomic E-state index is 0.0940. The summed E-state index contributed by atoms with van der Waals surface area (Å²) >= 11 is 0. The van der Waals surface area contributed by atoms with Crippen molar-refractivity contribution in [1.29, 1.82) is 0 Å². The molecule has 2 aliphatic rings. The SMILES string of the molecule is CC(C)(C)OC(=O)NCC1C[N+]1(C(=O)OCC1c2ccccc2-c2ccccc21)[C@H](Cc1ccccc1)C(=O)O. The summed E-state index contributed by atoms with van der Waals surface area (Å²) in [4.78, 5) is 38.8. The van der Waals surface area contributed by atoms with Gasteiger partial charge in [-0.25, -0.2) is 9.59 Å². The second kappa shape index (κ2) is 10.8. The molecule has 0 radical (unpaired) electrons. The number of hydrogen-bond acceptors (Lipinski definition) is 5. The highest BCUT2D eigenvalue weighted by Crippen LogP contribution is 2.45. The van der Waals surface area contributed by atoms with Gasteiger partial charge in [-0.15, -0.1) is 0 Å². The monoisotopic (exact) mass is 543 g/mol. The van der Waals surface area contributed by atoms with Gasteiger partial charge < -0.3 is 19.9 Å². The number of nitrogens with one attached hydrogen (secondary N) is 1. The van der Waals surface area contributed by atoms with E-state index < -0.39 is 40.3 Å². The Morgan fingerprint density at radius 2 is 1.50 bits per heavy atom. The Kier molecular flexibility index (Phi) is 7.38. The van der Waals surface area contributed by atoms with Gasteiger partial charge in [-0.2, -0.15) is 9.28 Å². The zero-order chi connectivity index (χ0) is 28.5. The summed E-state index contributed by atoms with van der Waals surface area (Å²) in [6, 6.07) is 23.9. The lowest BCUT2D eigenvalue weighted by molar-refractivity contribution is -0.756. The summed E-state index contributed by atoms with van der Waals surface area (Å²) in [6.07, 6.45) is -1.05. The molecule has 208 valence electrons. The quantitative estimate of drug-likeness (QED) is 0.293. The molecule has 1 heterocycles. The highest BCUT2D eigenvalue weighted by atomic mass is 16.6. The molecular weight excluding hydrogens is 508 g/mol. The first-order valence-corrected chi connectivity index (χ1v) is 13.6. The number of amides is 2. The van der Waals surface area contributed by atoms with Crippen LogP contribution in [0.4, 0.5) is 9.59 Å². The van der Waals surface area contributed by atoms with Crippen LogP contribution in [0, 0.1) is 0 Å². The van der Waals surface area contributed by atoms with Crippen LogP contribution in [0.15, 0.2) is 78.9 Å². The van der Waals surface area contributed by atoms with E-state index in [1.165, 1.54) is 0 Å². The van der Waals surface area contributed by atoms with Crippen LogP contribution in [0.2, 0.25) is 0 Å². The fourth-order valence-corrected chi connectivity index (χ4v) is 5.78. The third-order valence-electron chi connectivity index (χ3n) is 7.70. The lowest BCUT2D eigenvalue weighted by Gasteiger charge is -2.26. The van der Waals surface area contributed by atoms with Crippen molar-refractivity contribution in [2.24, 2.45) is 0 Å². The van der Waals surface area contributed by atoms with Crippen LogP contribution in [0.5, 0.6) is 0 Å². The molecule has 3 aromatic rings. The van der Waals surface area contributed by atoms with Crippen molar-refractivity contribution < 1.29 is 33.4 Å². The second-order valence-corrected chi connectivity index (χ2v) is 11.5. The molecule has 8 heteroatoms. The third kappa shape index (κ3) is 5.45. The van der Waals surface area contributed by atoms with Crippen LogP contribution in [0.25, 0.3) is 11.1 Å². The number of ether oxygens (including phenoxy) is 2. The first-order chi connectivity index (χ1) is 19.1. The molecule has 2 unspecified atom stereocenters. The molecule has 1 aliphatic carbocycles. The molecule has 1 aliphatic heterocycles. The van der Waals surface area contributed by atoms with Gasteiger partial charge in [0.1, 0.15) is 18.8 Å². The minimum atomic E-state index is -1.09. The number of rotatable bonds is 8. The van der Waals surface area contributed by atoms with E-state index in [4.69, 9.17) is 9.47 Å². The first-order valence-electron chi connectivity index (χ1n) is 13.6. The van der Waals surface area contributed by atoms with E-state index in [1.807, 2.05) is 66.7 Å². The molecular formula is C32H35N2O6+. The zero-order valence-corrected chi connectivity index (χ0v) is 23.0. The number of carboxylic acid groups (broad SMARTS) is 1. The zero-order valence-electron chi connectivity index (χ0n) is 23.0. The second-order valence-electron chi connectivity index (χ2n) is 11.5. The first kappa shape index (κ1) is 27.4. The van der Waals surface area contributed by atoms with Crippen molar-refractivity contribution in [3.8, 4) is 11.1 Å². The van der Waals surface area contributed by atoms with Crippen molar-refractivity contribution in [2.45, 2.75) is 50.8 Å². The summed E-state index contributed by atoms with van der Waals surface area (Å²) in [6.45, 7) is 5.73. The van der Waals surface area contributed by atoms with Crippen molar-refractivity contribution in [2.75, 3.05) is 19.7 Å². The molecule has 1 saturated heterocycles. The topological polar surface area (TPSA) is 102 Å². The number of carboxylic acids is 1. The van der Waals surface area contributed by atoms with Crippen molar-refractivity contribution in [3.05, 3.63) is 95.6 Å². The Morgan fingerprint density at radius 3 is 2.08 bits per heavy atom. The number of carbonyl (C=O) groups excluding carboxylic acids is 2. The van der Waals surface area contributed by atoms with Crippen LogP contribution in [-0.4, -0.2) is 65.1 Å². The van der Waals surface area contributed by atoms with Gasteiger partial charge in [0.25, 0.3) is 0 Å². The normalized spacial score (nSPS) is 20.1. The number of alkyl carbamates (subject to hydrolysis) is 1. The molecule has 5 rings (SSSR count). The smallest absolute Gasteiger partial charge is 0.477 e. The number of hydrogen-bond donors (Lipinski definition) is 2. The van der Waals surface area contributed by atoms with E-state index in [0.717, 1.165) is 27.8 Å². The summed E-state index contributed by atoms with van der Waals surface area (Å²) in [7, 11) is 0. The van der Waals surface area contributed by atoms with E-state index in [1.54, 1.807) is 20.8 Å². The predicted molar refractivity (Wildman–Crippen MR) is 150 cm³/mol. The van der Waals surface area contributed by atoms with E-state index in [0.29, 0.717) is 0 Å². The van der Waals surface area contributed by atoms with Crippen molar-refractivity contribution >= 4 is 18.2 Å². The van der Waals surface area contributed by atoms with Crippen LogP contribution in [0.3, 0.4) is 0 Å². The van der Waals surface area contributed by atoms with Crippen LogP contribution in [0.1, 0.15) is 43.4 Å². The van der Waals surface area contributed by atoms with Crippen molar-refractivity contribution in [3.63, 3.8) is 0 Å². The number of fused-ring (bicyclic) bond motifs is 3. The van der Waals surface area contributed by atoms with E-state index in [-0.39, 0.29) is 32.0 Å². The lowest BCUT2D eigenvalue weighted by Crippen LogP contribution is -2.52. The third-order valence-corrected chi connectivity index (χ3v) is 7.70. The standard InChI is InChI=1S/C32H34N2O6/c1-32(2,3)40-30(37)33-18-22-19-34(22,28(29(35)36)17-21-11-5-4-6-12-21)31(38)39-20-27-25-15-9-7-13-23(25)24-14-8-10-16-26(24)27/h4-16,22,27-28H,17-20H2,1-3H3,(H-,33,35,36,37)/p+1/t22?,28-,34?/m1/s1. The van der Waals surface area contributed by atoms with E-state index >= 15 is 0 Å². The van der Waals surface area contributed by atoms with Gasteiger partial charge in [0.05, 0.1) is 6.54 Å². The fraction of sp³-hybridized carbons (Fsp3) is 0.344. The van der Waals surface area contributed by atoms with Gasteiger partial charge in [-0.1, -0.05) is 78.9 Å². The number of nitrogens with zero attached hydrogens (tertiary/aromatic N) is 1. The fourth-order valence-electron chi connectivity index (χ4n) is 5.78. The van der Waals surface area contributed by atoms with Crippen LogP contribution < -0.4 is 5.32 Å². The Bertz CT molecular complexity index is 1370. The van der Waals surface area contributed by atoms with Gasteiger partial charge in [0.15, 0.2) is 6.04 Å². The summed E-state index contributed by atoms with van der Waals surface area (Å²) in [5, 5.41) is 13.0. The van der Waals surface area contributed by atoms with Crippen LogP contribution in [-0.2, 0) is 20.7 Å². The molecule has 2 N–H and O–H groups in total. The molecule has 0 spiro atoms. The molecule has 0 saturated carbocycles. The predicted octanol–water partition coefficient (Wildman–Crippen LogP) is 5.36. The molecule has 3 atom stereocenters. The number of quaternary nitrogens is 1. The summed E-state index contributed by atoms with van der Waals surface area (Å²) in [5.41, 5.74) is 4.52. The number of aliphatic carboxylic acids is 1. The molecule has 40 heavy (non-hydrogen) atoms. The largest absolute Gasteiger partial charge is 0.517 e. The summed E-state index contributed by atoms with van der Waals surface area (Å²) < 4.78 is 10.9. The van der Waals surface area contributed by atoms with Crippen molar-refractivity contribution in [1.82, 2.24) is 5.32 Å². The maximum atomic E-state index is 13.9. The van der Waals surface area contributed by atoms with E-state index in [2.05, 4.69) is 17.4 Å². The Hall–Kier alpha value is -4.17. The number of benzene rings is 3. The average Bonchev–Trinajstić information content (AvgIpc) is 3.57. The van der Waals surface area contributed by atoms with Gasteiger partial charge in [-0.05, 0) is 48.6 Å². The Morgan fingerprint density at radius 1 is 0.925 bits per heavy atom. The van der Waals surface area contributed by atoms with Crippen LogP contribution >= 0.6 is 0 Å². The Balaban J connectivity index is 1.38. The molecule has 0 bridgehead atoms. The maximum Gasteiger partial charge on any atom is 0.517 e. The highest BCUT2D eigenvalue weighted by Gasteiger charge is 2.69. The Labute approximate surface area is 234 Å².